The summed E-state index contributed by atoms with van der Waals surface area (Å²) in [5.41, 5.74) is 2.98. The fraction of sp³-hybridized carbons (Fsp3) is 0.625. The van der Waals surface area contributed by atoms with E-state index in [0.29, 0.717) is 11.5 Å². The molecule has 108 valence electrons. The van der Waals surface area contributed by atoms with Gasteiger partial charge < -0.3 is 5.32 Å². The van der Waals surface area contributed by atoms with Crippen LogP contribution >= 0.6 is 31.9 Å². The first kappa shape index (κ1) is 17.2. The van der Waals surface area contributed by atoms with Gasteiger partial charge in [0.1, 0.15) is 0 Å². The first-order valence-corrected chi connectivity index (χ1v) is 8.48. The van der Waals surface area contributed by atoms with Gasteiger partial charge in [-0.05, 0) is 48.4 Å². The Morgan fingerprint density at radius 1 is 1.16 bits per heavy atom. The third kappa shape index (κ3) is 5.97. The lowest BCUT2D eigenvalue weighted by Crippen LogP contribution is -2.34. The van der Waals surface area contributed by atoms with E-state index in [-0.39, 0.29) is 0 Å². The molecule has 1 aromatic carbocycles. The number of hydrogen-bond donors (Lipinski definition) is 1. The van der Waals surface area contributed by atoms with Crippen molar-refractivity contribution in [1.29, 1.82) is 0 Å². The molecule has 1 aromatic rings. The van der Waals surface area contributed by atoms with Crippen LogP contribution in [0, 0.1) is 12.3 Å². The van der Waals surface area contributed by atoms with Crippen LogP contribution in [0.5, 0.6) is 0 Å². The molecule has 0 aromatic heterocycles. The predicted octanol–water partition coefficient (Wildman–Crippen LogP) is 5.48. The van der Waals surface area contributed by atoms with Crippen LogP contribution in [-0.2, 0) is 6.42 Å². The maximum atomic E-state index is 3.67. The highest BCUT2D eigenvalue weighted by Crippen LogP contribution is 2.29. The van der Waals surface area contributed by atoms with E-state index in [1.165, 1.54) is 26.5 Å². The van der Waals surface area contributed by atoms with Crippen LogP contribution in [0.25, 0.3) is 0 Å². The minimum Gasteiger partial charge on any atom is -0.314 e. The number of halogens is 2. The van der Waals surface area contributed by atoms with Gasteiger partial charge in [-0.15, -0.1) is 0 Å². The van der Waals surface area contributed by atoms with Crippen LogP contribution in [-0.4, -0.2) is 12.6 Å². The van der Waals surface area contributed by atoms with E-state index in [1.54, 1.807) is 0 Å². The van der Waals surface area contributed by atoms with Crippen molar-refractivity contribution in [3.05, 3.63) is 32.2 Å². The molecule has 0 aliphatic heterocycles. The van der Waals surface area contributed by atoms with Gasteiger partial charge in [0.15, 0.2) is 0 Å². The number of hydrogen-bond acceptors (Lipinski definition) is 1. The standard InChI is InChI=1S/C16H25Br2N/c1-11(2)19-10-16(4,5)7-6-13-9-14(17)12(3)8-15(13)18/h8-9,11,19H,6-7,10H2,1-5H3. The summed E-state index contributed by atoms with van der Waals surface area (Å²) in [5.74, 6) is 0. The van der Waals surface area contributed by atoms with Crippen molar-refractivity contribution < 1.29 is 0 Å². The van der Waals surface area contributed by atoms with Gasteiger partial charge in [-0.2, -0.15) is 0 Å². The van der Waals surface area contributed by atoms with Crippen LogP contribution < -0.4 is 5.32 Å². The van der Waals surface area contributed by atoms with E-state index < -0.39 is 0 Å². The largest absolute Gasteiger partial charge is 0.314 e. The minimum atomic E-state index is 0.321. The normalized spacial score (nSPS) is 12.2. The van der Waals surface area contributed by atoms with Gasteiger partial charge in [-0.1, -0.05) is 59.6 Å². The molecular formula is C16H25Br2N. The number of rotatable bonds is 6. The van der Waals surface area contributed by atoms with Crippen molar-refractivity contribution in [2.24, 2.45) is 5.41 Å². The monoisotopic (exact) mass is 389 g/mol. The molecular weight excluding hydrogens is 366 g/mol. The summed E-state index contributed by atoms with van der Waals surface area (Å²) < 4.78 is 2.42. The van der Waals surface area contributed by atoms with E-state index in [4.69, 9.17) is 0 Å². The molecule has 0 fully saturated rings. The fourth-order valence-electron chi connectivity index (χ4n) is 1.92. The van der Waals surface area contributed by atoms with Crippen molar-refractivity contribution in [1.82, 2.24) is 5.32 Å². The van der Waals surface area contributed by atoms with Crippen LogP contribution in [0.1, 0.15) is 45.2 Å². The first-order valence-electron chi connectivity index (χ1n) is 6.89. The van der Waals surface area contributed by atoms with Gasteiger partial charge in [-0.3, -0.25) is 0 Å². The van der Waals surface area contributed by atoms with Crippen LogP contribution in [0.15, 0.2) is 21.1 Å². The molecule has 1 nitrogen and oxygen atoms in total. The fourth-order valence-corrected chi connectivity index (χ4v) is 2.97. The molecule has 1 N–H and O–H groups in total. The topological polar surface area (TPSA) is 12.0 Å². The van der Waals surface area contributed by atoms with E-state index in [1.807, 2.05) is 0 Å². The lowest BCUT2D eigenvalue weighted by molar-refractivity contribution is 0.304. The van der Waals surface area contributed by atoms with E-state index >= 15 is 0 Å². The molecule has 0 spiro atoms. The summed E-state index contributed by atoms with van der Waals surface area (Å²) in [6.45, 7) is 12.2. The van der Waals surface area contributed by atoms with E-state index in [9.17, 15) is 0 Å². The molecule has 0 saturated heterocycles. The second kappa shape index (κ2) is 7.24. The Labute approximate surface area is 134 Å². The highest BCUT2D eigenvalue weighted by atomic mass is 79.9. The first-order chi connectivity index (χ1) is 8.71. The number of benzene rings is 1. The zero-order valence-corrected chi connectivity index (χ0v) is 15.8. The summed E-state index contributed by atoms with van der Waals surface area (Å²) in [4.78, 5) is 0. The quantitative estimate of drug-likeness (QED) is 0.678. The van der Waals surface area contributed by atoms with Gasteiger partial charge in [0, 0.05) is 21.5 Å². The average Bonchev–Trinajstić information content (AvgIpc) is 2.30. The highest BCUT2D eigenvalue weighted by molar-refractivity contribution is 9.11. The molecule has 3 heteroatoms. The molecule has 1 rings (SSSR count). The second-order valence-electron chi connectivity index (χ2n) is 6.39. The maximum Gasteiger partial charge on any atom is 0.0210 e. The Bertz CT molecular complexity index is 425. The minimum absolute atomic E-state index is 0.321. The lowest BCUT2D eigenvalue weighted by atomic mass is 9.86. The molecule has 0 radical (unpaired) electrons. The predicted molar refractivity (Wildman–Crippen MR) is 91.8 cm³/mol. The highest BCUT2D eigenvalue weighted by Gasteiger charge is 2.18. The number of aryl methyl sites for hydroxylation is 2. The summed E-state index contributed by atoms with van der Waals surface area (Å²) in [6.07, 6.45) is 2.28. The summed E-state index contributed by atoms with van der Waals surface area (Å²) >= 11 is 7.29. The maximum absolute atomic E-state index is 3.67. The van der Waals surface area contributed by atoms with Gasteiger partial charge in [-0.25, -0.2) is 0 Å². The molecule has 0 aliphatic carbocycles. The zero-order valence-electron chi connectivity index (χ0n) is 12.6. The molecule has 0 aliphatic rings. The third-order valence-electron chi connectivity index (χ3n) is 3.39. The average molecular weight is 391 g/mol. The Morgan fingerprint density at radius 3 is 2.37 bits per heavy atom. The van der Waals surface area contributed by atoms with Crippen LogP contribution in [0.4, 0.5) is 0 Å². The van der Waals surface area contributed by atoms with Gasteiger partial charge in [0.25, 0.3) is 0 Å². The van der Waals surface area contributed by atoms with E-state index in [0.717, 1.165) is 13.0 Å². The second-order valence-corrected chi connectivity index (χ2v) is 8.10. The zero-order chi connectivity index (χ0) is 14.6. The van der Waals surface area contributed by atoms with Gasteiger partial charge >= 0.3 is 0 Å². The molecule has 0 amide bonds. The summed E-state index contributed by atoms with van der Waals surface area (Å²) in [5, 5.41) is 3.54. The van der Waals surface area contributed by atoms with Crippen molar-refractivity contribution >= 4 is 31.9 Å². The van der Waals surface area contributed by atoms with Crippen molar-refractivity contribution in [2.45, 2.75) is 53.5 Å². The molecule has 0 bridgehead atoms. The Kier molecular flexibility index (Phi) is 6.55. The van der Waals surface area contributed by atoms with Crippen molar-refractivity contribution in [3.8, 4) is 0 Å². The summed E-state index contributed by atoms with van der Waals surface area (Å²) in [6, 6.07) is 4.99. The molecule has 19 heavy (non-hydrogen) atoms. The van der Waals surface area contributed by atoms with Crippen molar-refractivity contribution in [3.63, 3.8) is 0 Å². The van der Waals surface area contributed by atoms with Crippen molar-refractivity contribution in [2.75, 3.05) is 6.54 Å². The smallest absolute Gasteiger partial charge is 0.0210 e. The Balaban J connectivity index is 2.63. The van der Waals surface area contributed by atoms with Gasteiger partial charge in [0.05, 0.1) is 0 Å². The molecule has 0 heterocycles. The number of nitrogens with one attached hydrogen (secondary N) is 1. The molecule has 0 unspecified atom stereocenters. The van der Waals surface area contributed by atoms with E-state index in [2.05, 4.69) is 83.9 Å². The lowest BCUT2D eigenvalue weighted by Gasteiger charge is -2.26. The van der Waals surface area contributed by atoms with Crippen LogP contribution in [0.2, 0.25) is 0 Å². The third-order valence-corrected chi connectivity index (χ3v) is 4.98. The SMILES string of the molecule is Cc1cc(Br)c(CCC(C)(C)CNC(C)C)cc1Br. The summed E-state index contributed by atoms with van der Waals surface area (Å²) in [7, 11) is 0. The molecule has 0 atom stereocenters. The Morgan fingerprint density at radius 2 is 1.79 bits per heavy atom. The molecule has 0 saturated carbocycles. The Hall–Kier alpha value is 0.140. The van der Waals surface area contributed by atoms with Crippen LogP contribution in [0.3, 0.4) is 0 Å². The van der Waals surface area contributed by atoms with Gasteiger partial charge in [0.2, 0.25) is 0 Å².